The average Bonchev–Trinajstić information content (AvgIpc) is 2.66. The molecular weight excluding hydrogens is 423 g/mol. The number of nitrogens with zero attached hydrogens (tertiary/aromatic N) is 1. The van der Waals surface area contributed by atoms with E-state index in [0.717, 1.165) is 10.6 Å². The van der Waals surface area contributed by atoms with Crippen LogP contribution in [-0.4, -0.2) is 40.2 Å². The van der Waals surface area contributed by atoms with Gasteiger partial charge in [-0.25, -0.2) is 17.6 Å². The van der Waals surface area contributed by atoms with Gasteiger partial charge in [-0.15, -0.1) is 0 Å². The Kier molecular flexibility index (Phi) is 7.58. The first-order valence-electron chi connectivity index (χ1n) is 8.53. The summed E-state index contributed by atoms with van der Waals surface area (Å²) in [7, 11) is -2.51. The van der Waals surface area contributed by atoms with Crippen LogP contribution in [0, 0.1) is 5.82 Å². The smallest absolute Gasteiger partial charge is 0.339 e. The Labute approximate surface area is 173 Å². The molecule has 10 heteroatoms. The van der Waals surface area contributed by atoms with Gasteiger partial charge >= 0.3 is 5.97 Å². The number of amides is 1. The number of ether oxygens (including phenoxy) is 1. The molecule has 7 nitrogen and oxygen atoms in total. The summed E-state index contributed by atoms with van der Waals surface area (Å²) in [5, 5.41) is 2.79. The zero-order valence-electron chi connectivity index (χ0n) is 15.8. The fraction of sp³-hybridized carbons (Fsp3) is 0.263. The lowest BCUT2D eigenvalue weighted by atomic mass is 10.2. The van der Waals surface area contributed by atoms with Crippen LogP contribution < -0.4 is 9.62 Å². The molecule has 0 radical (unpaired) electrons. The van der Waals surface area contributed by atoms with Gasteiger partial charge in [-0.2, -0.15) is 0 Å². The molecule has 0 unspecified atom stereocenters. The second-order valence-electron chi connectivity index (χ2n) is 6.12. The topological polar surface area (TPSA) is 92.8 Å². The highest BCUT2D eigenvalue weighted by atomic mass is 35.5. The number of para-hydroxylation sites is 1. The van der Waals surface area contributed by atoms with E-state index < -0.39 is 27.7 Å². The molecule has 0 heterocycles. The number of halogens is 2. The van der Waals surface area contributed by atoms with Crippen LogP contribution in [0.5, 0.6) is 0 Å². The minimum absolute atomic E-state index is 0.0172. The SMILES string of the molecule is COC(=O)c1cc(NC(=O)CCCN(c2ccccc2F)S(C)(=O)=O)ccc1Cl. The zero-order chi connectivity index (χ0) is 21.6. The highest BCUT2D eigenvalue weighted by Crippen LogP contribution is 2.23. The van der Waals surface area contributed by atoms with E-state index >= 15 is 0 Å². The molecule has 2 aromatic carbocycles. The predicted octanol–water partition coefficient (Wildman–Crippen LogP) is 3.45. The number of carbonyl (C=O) groups is 2. The average molecular weight is 443 g/mol. The lowest BCUT2D eigenvalue weighted by Crippen LogP contribution is -2.32. The first kappa shape index (κ1) is 22.6. The quantitative estimate of drug-likeness (QED) is 0.632. The summed E-state index contributed by atoms with van der Waals surface area (Å²) in [6.07, 6.45) is 1.11. The van der Waals surface area contributed by atoms with Gasteiger partial charge in [0.25, 0.3) is 0 Å². The number of hydrogen-bond acceptors (Lipinski definition) is 5. The van der Waals surface area contributed by atoms with Gasteiger partial charge in [0.15, 0.2) is 0 Å². The number of benzene rings is 2. The van der Waals surface area contributed by atoms with Gasteiger partial charge in [0.05, 0.1) is 29.6 Å². The number of nitrogens with one attached hydrogen (secondary N) is 1. The van der Waals surface area contributed by atoms with Gasteiger partial charge < -0.3 is 10.1 Å². The van der Waals surface area contributed by atoms with Gasteiger partial charge in [-0.3, -0.25) is 9.10 Å². The Balaban J connectivity index is 2.02. The third-order valence-electron chi connectivity index (χ3n) is 3.94. The molecule has 156 valence electrons. The predicted molar refractivity (Wildman–Crippen MR) is 109 cm³/mol. The van der Waals surface area contributed by atoms with Crippen molar-refractivity contribution in [3.63, 3.8) is 0 Å². The summed E-state index contributed by atoms with van der Waals surface area (Å²) in [4.78, 5) is 23.8. The first-order chi connectivity index (χ1) is 13.6. The van der Waals surface area contributed by atoms with Crippen LogP contribution in [0.4, 0.5) is 15.8 Å². The van der Waals surface area contributed by atoms with Crippen molar-refractivity contribution in [2.75, 3.05) is 29.5 Å². The molecule has 0 aromatic heterocycles. The molecule has 0 fully saturated rings. The van der Waals surface area contributed by atoms with Crippen LogP contribution in [0.2, 0.25) is 5.02 Å². The minimum Gasteiger partial charge on any atom is -0.465 e. The molecule has 0 aliphatic heterocycles. The van der Waals surface area contributed by atoms with Crippen molar-refractivity contribution in [1.29, 1.82) is 0 Å². The van der Waals surface area contributed by atoms with Gasteiger partial charge in [-0.05, 0) is 36.8 Å². The van der Waals surface area contributed by atoms with E-state index in [1.54, 1.807) is 0 Å². The molecule has 0 saturated carbocycles. The normalized spacial score (nSPS) is 11.0. The van der Waals surface area contributed by atoms with Crippen LogP contribution in [-0.2, 0) is 19.6 Å². The Morgan fingerprint density at radius 2 is 1.90 bits per heavy atom. The summed E-state index contributed by atoms with van der Waals surface area (Å²) >= 11 is 5.93. The number of anilines is 2. The summed E-state index contributed by atoms with van der Waals surface area (Å²) in [5.74, 6) is -1.70. The van der Waals surface area contributed by atoms with Crippen LogP contribution in [0.3, 0.4) is 0 Å². The zero-order valence-corrected chi connectivity index (χ0v) is 17.4. The second kappa shape index (κ2) is 9.71. The number of esters is 1. The van der Waals surface area contributed by atoms with E-state index in [0.29, 0.717) is 5.69 Å². The number of hydrogen-bond donors (Lipinski definition) is 1. The molecule has 1 N–H and O–H groups in total. The molecule has 0 saturated heterocycles. The first-order valence-corrected chi connectivity index (χ1v) is 10.8. The van der Waals surface area contributed by atoms with Gasteiger partial charge in [0.1, 0.15) is 5.82 Å². The standard InChI is InChI=1S/C19H20ClFN2O5S/c1-28-19(25)14-12-13(9-10-15(14)20)22-18(24)8-5-11-23(29(2,26)27)17-7-4-3-6-16(17)21/h3-4,6-7,9-10,12H,5,8,11H2,1-2H3,(H,22,24). The fourth-order valence-corrected chi connectivity index (χ4v) is 3.76. The van der Waals surface area contributed by atoms with Crippen molar-refractivity contribution >= 4 is 44.9 Å². The number of sulfonamides is 1. The minimum atomic E-state index is -3.72. The van der Waals surface area contributed by atoms with Gasteiger partial charge in [-0.1, -0.05) is 23.7 Å². The molecule has 0 aliphatic carbocycles. The second-order valence-corrected chi connectivity index (χ2v) is 8.44. The van der Waals surface area contributed by atoms with E-state index in [2.05, 4.69) is 10.1 Å². The summed E-state index contributed by atoms with van der Waals surface area (Å²) in [6, 6.07) is 9.87. The van der Waals surface area contributed by atoms with E-state index in [9.17, 15) is 22.4 Å². The monoisotopic (exact) mass is 442 g/mol. The van der Waals surface area contributed by atoms with Crippen molar-refractivity contribution in [3.05, 3.63) is 58.9 Å². The van der Waals surface area contributed by atoms with Gasteiger partial charge in [0, 0.05) is 18.7 Å². The Bertz CT molecular complexity index is 1010. The fourth-order valence-electron chi connectivity index (χ4n) is 2.60. The lowest BCUT2D eigenvalue weighted by molar-refractivity contribution is -0.116. The molecule has 2 aromatic rings. The maximum atomic E-state index is 14.0. The maximum Gasteiger partial charge on any atom is 0.339 e. The number of methoxy groups -OCH3 is 1. The Morgan fingerprint density at radius 1 is 1.21 bits per heavy atom. The highest BCUT2D eigenvalue weighted by Gasteiger charge is 2.20. The van der Waals surface area contributed by atoms with Crippen LogP contribution >= 0.6 is 11.6 Å². The number of rotatable bonds is 8. The van der Waals surface area contributed by atoms with E-state index in [4.69, 9.17) is 11.6 Å². The van der Waals surface area contributed by atoms with E-state index in [-0.39, 0.29) is 35.7 Å². The molecule has 0 spiro atoms. The van der Waals surface area contributed by atoms with Crippen LogP contribution in [0.1, 0.15) is 23.2 Å². The van der Waals surface area contributed by atoms with Gasteiger partial charge in [0.2, 0.25) is 15.9 Å². The molecule has 0 bridgehead atoms. The lowest BCUT2D eigenvalue weighted by Gasteiger charge is -2.22. The third-order valence-corrected chi connectivity index (χ3v) is 5.45. The maximum absolute atomic E-state index is 14.0. The molecule has 0 aliphatic rings. The van der Waals surface area contributed by atoms with Crippen molar-refractivity contribution < 1.29 is 27.1 Å². The van der Waals surface area contributed by atoms with Crippen molar-refractivity contribution in [3.8, 4) is 0 Å². The largest absolute Gasteiger partial charge is 0.465 e. The summed E-state index contributed by atoms with van der Waals surface area (Å²) in [6.45, 7) is -0.0682. The van der Waals surface area contributed by atoms with Crippen molar-refractivity contribution in [2.24, 2.45) is 0 Å². The van der Waals surface area contributed by atoms with Crippen molar-refractivity contribution in [2.45, 2.75) is 12.8 Å². The molecule has 0 atom stereocenters. The van der Waals surface area contributed by atoms with E-state index in [1.807, 2.05) is 0 Å². The molecule has 1 amide bonds. The highest BCUT2D eigenvalue weighted by molar-refractivity contribution is 7.92. The Hall–Kier alpha value is -2.65. The molecular formula is C19H20ClFN2O5S. The van der Waals surface area contributed by atoms with Crippen molar-refractivity contribution in [1.82, 2.24) is 0 Å². The summed E-state index contributed by atoms with van der Waals surface area (Å²) < 4.78 is 43.6. The number of carbonyl (C=O) groups excluding carboxylic acids is 2. The molecule has 29 heavy (non-hydrogen) atoms. The van der Waals surface area contributed by atoms with E-state index in [1.165, 1.54) is 49.6 Å². The third kappa shape index (κ3) is 6.16. The Morgan fingerprint density at radius 3 is 2.52 bits per heavy atom. The van der Waals surface area contributed by atoms with Crippen LogP contribution in [0.15, 0.2) is 42.5 Å². The molecule has 2 rings (SSSR count). The van der Waals surface area contributed by atoms with Crippen LogP contribution in [0.25, 0.3) is 0 Å². The summed E-state index contributed by atoms with van der Waals surface area (Å²) in [5.41, 5.74) is 0.375.